The Morgan fingerprint density at radius 1 is 0.500 bits per heavy atom. The van der Waals surface area contributed by atoms with Gasteiger partial charge in [-0.1, -0.05) is 147 Å². The lowest BCUT2D eigenvalue weighted by molar-refractivity contribution is 0.799. The fourth-order valence-corrected chi connectivity index (χ4v) is 10.1. The molecule has 8 rings (SSSR count). The van der Waals surface area contributed by atoms with Crippen LogP contribution in [0.3, 0.4) is 0 Å². The van der Waals surface area contributed by atoms with Gasteiger partial charge in [-0.15, -0.1) is 0 Å². The molecule has 0 radical (unpaired) electrons. The fraction of sp³-hybridized carbons (Fsp3) is 0.174. The maximum atomic E-state index is 2.47. The van der Waals surface area contributed by atoms with Crippen LogP contribution in [0.4, 0.5) is 22.7 Å². The average molecular weight is 683 g/mol. The van der Waals surface area contributed by atoms with Gasteiger partial charge in [0.25, 0.3) is 0 Å². The second-order valence-electron chi connectivity index (χ2n) is 15.9. The summed E-state index contributed by atoms with van der Waals surface area (Å²) in [6.45, 7) is 14.5. The van der Waals surface area contributed by atoms with E-state index in [9.17, 15) is 0 Å². The Labute approximate surface area is 300 Å². The minimum absolute atomic E-state index is 0.179. The lowest BCUT2D eigenvalue weighted by atomic mass is 9.67. The Balaban J connectivity index is 1.23. The van der Waals surface area contributed by atoms with Gasteiger partial charge >= 0.3 is 0 Å². The number of hydrogen-bond donors (Lipinski definition) is 0. The number of rotatable bonds is 8. The molecule has 1 atom stereocenters. The molecule has 0 saturated carbocycles. The van der Waals surface area contributed by atoms with Gasteiger partial charge in [-0.05, 0) is 83.3 Å². The zero-order chi connectivity index (χ0) is 34.6. The van der Waals surface area contributed by atoms with Crippen molar-refractivity contribution >= 4 is 49.3 Å². The van der Waals surface area contributed by atoms with Gasteiger partial charge in [0.05, 0.1) is 27.5 Å². The van der Waals surface area contributed by atoms with E-state index in [-0.39, 0.29) is 5.92 Å². The highest BCUT2D eigenvalue weighted by atomic mass is 28.3. The smallest absolute Gasteiger partial charge is 0.0775 e. The Morgan fingerprint density at radius 2 is 1.00 bits per heavy atom. The number of benzene rings is 4. The summed E-state index contributed by atoms with van der Waals surface area (Å²) in [5.41, 5.74) is 14.2. The highest BCUT2D eigenvalue weighted by molar-refractivity contribution is 6.89. The first kappa shape index (κ1) is 32.3. The summed E-state index contributed by atoms with van der Waals surface area (Å²) in [5.74, 6) is 0.179. The normalized spacial score (nSPS) is 18.0. The molecule has 0 aliphatic heterocycles. The van der Waals surface area contributed by atoms with E-state index in [2.05, 4.69) is 201 Å². The second-order valence-corrected chi connectivity index (χ2v) is 26.0. The third-order valence-corrected chi connectivity index (χ3v) is 14.6. The van der Waals surface area contributed by atoms with Crippen LogP contribution >= 0.6 is 0 Å². The molecule has 248 valence electrons. The van der Waals surface area contributed by atoms with Gasteiger partial charge in [0, 0.05) is 34.2 Å². The highest BCUT2D eigenvalue weighted by Gasteiger charge is 2.39. The Bertz CT molecular complexity index is 2160. The van der Waals surface area contributed by atoms with Crippen LogP contribution < -0.4 is 20.2 Å². The summed E-state index contributed by atoms with van der Waals surface area (Å²) in [6.07, 6.45) is 17.6. The molecule has 0 fully saturated rings. The van der Waals surface area contributed by atoms with E-state index in [4.69, 9.17) is 0 Å². The van der Waals surface area contributed by atoms with Gasteiger partial charge in [0.15, 0.2) is 0 Å². The first-order valence-corrected chi connectivity index (χ1v) is 25.0. The zero-order valence-corrected chi connectivity index (χ0v) is 32.1. The van der Waals surface area contributed by atoms with Gasteiger partial charge in [0.1, 0.15) is 0 Å². The monoisotopic (exact) mass is 682 g/mol. The molecule has 4 aromatic rings. The van der Waals surface area contributed by atoms with E-state index < -0.39 is 16.1 Å². The first-order chi connectivity index (χ1) is 24.1. The van der Waals surface area contributed by atoms with E-state index in [1.807, 2.05) is 0 Å². The Kier molecular flexibility index (Phi) is 8.05. The van der Waals surface area contributed by atoms with Crippen molar-refractivity contribution in [1.29, 1.82) is 0 Å². The van der Waals surface area contributed by atoms with E-state index in [1.54, 1.807) is 0 Å². The maximum absolute atomic E-state index is 2.47. The van der Waals surface area contributed by atoms with Crippen LogP contribution in [0.15, 0.2) is 191 Å². The fourth-order valence-electron chi connectivity index (χ4n) is 7.78. The molecular weight excluding hydrogens is 637 g/mol. The Hall–Kier alpha value is -4.91. The van der Waals surface area contributed by atoms with E-state index in [0.29, 0.717) is 0 Å². The number of hydrogen-bond acceptors (Lipinski definition) is 2. The number of allylic oxidation sites excluding steroid dienone is 11. The number of anilines is 4. The highest BCUT2D eigenvalue weighted by Crippen LogP contribution is 2.53. The molecule has 4 aliphatic carbocycles. The molecule has 0 heterocycles. The van der Waals surface area contributed by atoms with Crippen molar-refractivity contribution < 1.29 is 0 Å². The van der Waals surface area contributed by atoms with Crippen LogP contribution in [0.25, 0.3) is 0 Å². The van der Waals surface area contributed by atoms with E-state index in [0.717, 1.165) is 6.42 Å². The molecule has 0 amide bonds. The van der Waals surface area contributed by atoms with Gasteiger partial charge in [-0.25, -0.2) is 0 Å². The lowest BCUT2D eigenvalue weighted by Gasteiger charge is -2.42. The summed E-state index contributed by atoms with van der Waals surface area (Å²) >= 11 is 0. The third kappa shape index (κ3) is 5.76. The van der Waals surface area contributed by atoms with Crippen molar-refractivity contribution in [3.05, 3.63) is 191 Å². The largest absolute Gasteiger partial charge is 0.310 e. The van der Waals surface area contributed by atoms with Crippen molar-refractivity contribution in [3.8, 4) is 0 Å². The van der Waals surface area contributed by atoms with Gasteiger partial charge in [0.2, 0.25) is 0 Å². The van der Waals surface area contributed by atoms with Gasteiger partial charge in [-0.3, -0.25) is 0 Å². The number of nitrogens with zero attached hydrogens (tertiary/aromatic N) is 2. The molecule has 0 bridgehead atoms. The second kappa shape index (κ2) is 12.5. The molecule has 4 aromatic carbocycles. The van der Waals surface area contributed by atoms with Gasteiger partial charge < -0.3 is 9.80 Å². The van der Waals surface area contributed by atoms with Crippen LogP contribution in [-0.4, -0.2) is 16.1 Å². The van der Waals surface area contributed by atoms with Crippen LogP contribution in [0.2, 0.25) is 39.3 Å². The van der Waals surface area contributed by atoms with Crippen LogP contribution in [0.5, 0.6) is 0 Å². The minimum Gasteiger partial charge on any atom is -0.310 e. The molecule has 0 aromatic heterocycles. The summed E-state index contributed by atoms with van der Waals surface area (Å²) in [5, 5.41) is 2.96. The predicted molar refractivity (Wildman–Crippen MR) is 221 cm³/mol. The minimum atomic E-state index is -1.43. The van der Waals surface area contributed by atoms with Crippen molar-refractivity contribution in [2.24, 2.45) is 5.92 Å². The van der Waals surface area contributed by atoms with Crippen LogP contribution in [0.1, 0.15) is 6.42 Å². The molecule has 0 spiro atoms. The average Bonchev–Trinajstić information content (AvgIpc) is 3.12. The molecule has 1 unspecified atom stereocenters. The zero-order valence-electron chi connectivity index (χ0n) is 30.1. The quantitative estimate of drug-likeness (QED) is 0.171. The molecule has 4 aliphatic rings. The van der Waals surface area contributed by atoms with Crippen molar-refractivity contribution in [3.63, 3.8) is 0 Å². The van der Waals surface area contributed by atoms with Crippen LogP contribution in [0, 0.1) is 5.92 Å². The molecule has 50 heavy (non-hydrogen) atoms. The molecule has 0 N–H and O–H groups in total. The van der Waals surface area contributed by atoms with Crippen molar-refractivity contribution in [1.82, 2.24) is 0 Å². The van der Waals surface area contributed by atoms with Crippen molar-refractivity contribution in [2.75, 3.05) is 9.80 Å². The summed E-state index contributed by atoms with van der Waals surface area (Å²) in [6, 6.07) is 40.5. The maximum Gasteiger partial charge on any atom is 0.0775 e. The summed E-state index contributed by atoms with van der Waals surface area (Å²) < 4.78 is 0. The summed E-state index contributed by atoms with van der Waals surface area (Å²) in [7, 11) is -2.85. The molecule has 0 saturated heterocycles. The summed E-state index contributed by atoms with van der Waals surface area (Å²) in [4.78, 5) is 4.93. The molecule has 2 nitrogen and oxygen atoms in total. The lowest BCUT2D eigenvalue weighted by Crippen LogP contribution is -2.37. The topological polar surface area (TPSA) is 6.48 Å². The standard InChI is InChI=1S/C46H46N2Si2/c1-49(2,3)39-25-21-37(22-26-39)47(35-13-9-7-10-14-35)43-31-19-33-18-30-42-44(32-20-34-17-29-41(43)45(33)46(34)42)48(36-15-11-8-12-16-36)38-23-27-40(28-24-38)50(4,5)6/h7-19,21-32,45H,20H2,1-6H3. The molecular formula is C46H46N2Si2. The van der Waals surface area contributed by atoms with E-state index >= 15 is 0 Å². The van der Waals surface area contributed by atoms with Gasteiger partial charge in [-0.2, -0.15) is 0 Å². The SMILES string of the molecule is C[Si](C)(C)c1ccc(N(C2=CC=C3C=CC4=C5C(=CC=C2C35)CC=C4N(c2ccccc2)c2ccc([Si](C)(C)C)cc2)c2ccccc2)cc1. The van der Waals surface area contributed by atoms with E-state index in [1.165, 1.54) is 72.4 Å². The van der Waals surface area contributed by atoms with Crippen LogP contribution in [-0.2, 0) is 0 Å². The predicted octanol–water partition coefficient (Wildman–Crippen LogP) is 11.2. The Morgan fingerprint density at radius 3 is 1.52 bits per heavy atom. The van der Waals surface area contributed by atoms with Crippen molar-refractivity contribution in [2.45, 2.75) is 45.7 Å². The third-order valence-electron chi connectivity index (χ3n) is 10.5. The number of para-hydroxylation sites is 2. The molecule has 4 heteroatoms. The first-order valence-electron chi connectivity index (χ1n) is 18.0.